The van der Waals surface area contributed by atoms with Gasteiger partial charge in [0.1, 0.15) is 17.7 Å². The molecule has 2 aromatic carbocycles. The smallest absolute Gasteiger partial charge is 0.143 e. The third-order valence-electron chi connectivity index (χ3n) is 6.55. The zero-order valence-corrected chi connectivity index (χ0v) is 17.6. The first-order valence-corrected chi connectivity index (χ1v) is 10.9. The van der Waals surface area contributed by atoms with Gasteiger partial charge >= 0.3 is 0 Å². The molecule has 1 saturated heterocycles. The summed E-state index contributed by atoms with van der Waals surface area (Å²) in [7, 11) is 2.16. The Morgan fingerprint density at radius 2 is 1.73 bits per heavy atom. The minimum Gasteiger partial charge on any atom is -0.362 e. The van der Waals surface area contributed by atoms with Gasteiger partial charge in [0.15, 0.2) is 0 Å². The molecule has 156 valence electrons. The molecule has 0 bridgehead atoms. The van der Waals surface area contributed by atoms with Crippen molar-refractivity contribution in [2.75, 3.05) is 20.1 Å². The summed E-state index contributed by atoms with van der Waals surface area (Å²) in [6.07, 6.45) is 2.95. The van der Waals surface area contributed by atoms with Crippen molar-refractivity contribution in [3.05, 3.63) is 77.0 Å². The van der Waals surface area contributed by atoms with Crippen molar-refractivity contribution in [2.45, 2.75) is 44.9 Å². The molecule has 3 heterocycles. The maximum absolute atomic E-state index is 14.6. The highest BCUT2D eigenvalue weighted by Crippen LogP contribution is 2.37. The largest absolute Gasteiger partial charge is 0.362 e. The maximum Gasteiger partial charge on any atom is 0.143 e. The second-order valence-electron chi connectivity index (χ2n) is 8.50. The highest BCUT2D eigenvalue weighted by Gasteiger charge is 2.32. The Labute approximate surface area is 177 Å². The molecule has 5 heteroatoms. The van der Waals surface area contributed by atoms with E-state index in [1.54, 1.807) is 6.07 Å². The van der Waals surface area contributed by atoms with E-state index in [0.29, 0.717) is 5.56 Å². The number of benzene rings is 2. The molecule has 0 saturated carbocycles. The van der Waals surface area contributed by atoms with Gasteiger partial charge in [-0.2, -0.15) is 0 Å². The van der Waals surface area contributed by atoms with Gasteiger partial charge in [0.05, 0.1) is 11.8 Å². The van der Waals surface area contributed by atoms with Gasteiger partial charge in [-0.15, -0.1) is 0 Å². The molecule has 3 aromatic rings. The normalized spacial score (nSPS) is 19.9. The van der Waals surface area contributed by atoms with Gasteiger partial charge in [0.2, 0.25) is 0 Å². The molecule has 5 rings (SSSR count). The van der Waals surface area contributed by atoms with Crippen LogP contribution in [0.25, 0.3) is 11.3 Å². The summed E-state index contributed by atoms with van der Waals surface area (Å²) in [5, 5.41) is 0. The first-order chi connectivity index (χ1) is 14.6. The van der Waals surface area contributed by atoms with Crippen molar-refractivity contribution < 1.29 is 9.13 Å². The van der Waals surface area contributed by atoms with Crippen molar-refractivity contribution in [1.29, 1.82) is 0 Å². The summed E-state index contributed by atoms with van der Waals surface area (Å²) in [6.45, 7) is 4.97. The third-order valence-corrected chi connectivity index (χ3v) is 6.55. The van der Waals surface area contributed by atoms with Crippen molar-refractivity contribution >= 4 is 0 Å². The number of likely N-dealkylation sites (tertiary alicyclic amines) is 1. The molecule has 0 spiro atoms. The van der Waals surface area contributed by atoms with E-state index >= 15 is 0 Å². The Bertz CT molecular complexity index is 1050. The lowest BCUT2D eigenvalue weighted by molar-refractivity contribution is -0.0276. The Balaban J connectivity index is 1.59. The van der Waals surface area contributed by atoms with Gasteiger partial charge in [-0.05, 0) is 56.5 Å². The fourth-order valence-corrected chi connectivity index (χ4v) is 4.78. The molecule has 0 amide bonds. The molecule has 1 fully saturated rings. The van der Waals surface area contributed by atoms with Crippen LogP contribution in [-0.2, 0) is 17.7 Å². The summed E-state index contributed by atoms with van der Waals surface area (Å²) >= 11 is 0. The van der Waals surface area contributed by atoms with Gasteiger partial charge in [-0.1, -0.05) is 36.4 Å². The van der Waals surface area contributed by atoms with Crippen LogP contribution >= 0.6 is 0 Å². The second-order valence-corrected chi connectivity index (χ2v) is 8.50. The van der Waals surface area contributed by atoms with Crippen LogP contribution in [0, 0.1) is 12.7 Å². The first-order valence-electron chi connectivity index (χ1n) is 10.9. The molecule has 2 aliphatic rings. The summed E-state index contributed by atoms with van der Waals surface area (Å²) in [5.74, 6) is 0.664. The molecule has 30 heavy (non-hydrogen) atoms. The SMILES string of the molecule is Cc1c(-c2ccccc2F)nc2n1CCc1ccccc1C2OC1CCN(C)CC1. The molecule has 0 aliphatic carbocycles. The van der Waals surface area contributed by atoms with Crippen molar-refractivity contribution in [3.63, 3.8) is 0 Å². The van der Waals surface area contributed by atoms with Crippen LogP contribution < -0.4 is 0 Å². The monoisotopic (exact) mass is 405 g/mol. The number of aromatic nitrogens is 2. The van der Waals surface area contributed by atoms with Crippen molar-refractivity contribution in [1.82, 2.24) is 14.5 Å². The fraction of sp³-hybridized carbons (Fsp3) is 0.400. The van der Waals surface area contributed by atoms with E-state index < -0.39 is 0 Å². The quantitative estimate of drug-likeness (QED) is 0.630. The van der Waals surface area contributed by atoms with E-state index in [1.807, 2.05) is 19.1 Å². The number of imidazole rings is 1. The predicted octanol–water partition coefficient (Wildman–Crippen LogP) is 4.75. The Kier molecular flexibility index (Phi) is 5.17. The van der Waals surface area contributed by atoms with Crippen LogP contribution in [0.4, 0.5) is 4.39 Å². The Morgan fingerprint density at radius 3 is 2.53 bits per heavy atom. The molecule has 1 unspecified atom stereocenters. The lowest BCUT2D eigenvalue weighted by atomic mass is 10.00. The number of nitrogens with zero attached hydrogens (tertiary/aromatic N) is 3. The van der Waals surface area contributed by atoms with E-state index in [-0.39, 0.29) is 18.0 Å². The summed E-state index contributed by atoms with van der Waals surface area (Å²) in [5.41, 5.74) is 4.79. The zero-order valence-electron chi connectivity index (χ0n) is 17.6. The Hall–Kier alpha value is -2.50. The molecule has 1 atom stereocenters. The number of hydrogen-bond donors (Lipinski definition) is 0. The van der Waals surface area contributed by atoms with Gasteiger partial charge in [-0.25, -0.2) is 9.37 Å². The number of fused-ring (bicyclic) bond motifs is 2. The third kappa shape index (κ3) is 3.46. The maximum atomic E-state index is 14.6. The van der Waals surface area contributed by atoms with Crippen LogP contribution in [0.1, 0.15) is 41.6 Å². The first kappa shape index (κ1) is 19.5. The number of aryl methyl sites for hydroxylation is 1. The van der Waals surface area contributed by atoms with Gasteiger partial charge in [0.25, 0.3) is 0 Å². The van der Waals surface area contributed by atoms with E-state index in [4.69, 9.17) is 9.72 Å². The highest BCUT2D eigenvalue weighted by atomic mass is 19.1. The van der Waals surface area contributed by atoms with Crippen LogP contribution in [0.3, 0.4) is 0 Å². The van der Waals surface area contributed by atoms with Gasteiger partial charge in [0, 0.05) is 30.9 Å². The topological polar surface area (TPSA) is 30.3 Å². The summed E-state index contributed by atoms with van der Waals surface area (Å²) in [6, 6.07) is 15.4. The summed E-state index contributed by atoms with van der Waals surface area (Å²) in [4.78, 5) is 7.34. The van der Waals surface area contributed by atoms with Crippen LogP contribution in [0.2, 0.25) is 0 Å². The minimum atomic E-state index is -0.234. The zero-order chi connectivity index (χ0) is 20.7. The molecule has 0 N–H and O–H groups in total. The average Bonchev–Trinajstić information content (AvgIpc) is 2.99. The van der Waals surface area contributed by atoms with Crippen molar-refractivity contribution in [2.24, 2.45) is 0 Å². The summed E-state index contributed by atoms with van der Waals surface area (Å²) < 4.78 is 23.5. The lowest BCUT2D eigenvalue weighted by Gasteiger charge is -2.32. The molecular formula is C25H28FN3O. The number of hydrogen-bond acceptors (Lipinski definition) is 3. The minimum absolute atomic E-state index is 0.208. The average molecular weight is 406 g/mol. The van der Waals surface area contributed by atoms with E-state index in [9.17, 15) is 4.39 Å². The van der Waals surface area contributed by atoms with E-state index in [0.717, 1.165) is 56.1 Å². The van der Waals surface area contributed by atoms with Crippen LogP contribution in [0.5, 0.6) is 0 Å². The second kappa shape index (κ2) is 7.97. The lowest BCUT2D eigenvalue weighted by Crippen LogP contribution is -2.35. The van der Waals surface area contributed by atoms with Gasteiger partial charge < -0.3 is 14.2 Å². The Morgan fingerprint density at radius 1 is 1.00 bits per heavy atom. The van der Waals surface area contributed by atoms with Crippen molar-refractivity contribution in [3.8, 4) is 11.3 Å². The highest BCUT2D eigenvalue weighted by molar-refractivity contribution is 5.63. The molecular weight excluding hydrogens is 377 g/mol. The number of halogens is 1. The van der Waals surface area contributed by atoms with E-state index in [1.165, 1.54) is 17.2 Å². The molecule has 0 radical (unpaired) electrons. The van der Waals surface area contributed by atoms with Crippen LogP contribution in [-0.4, -0.2) is 40.7 Å². The number of piperidine rings is 1. The van der Waals surface area contributed by atoms with Crippen LogP contribution in [0.15, 0.2) is 48.5 Å². The molecule has 4 nitrogen and oxygen atoms in total. The number of ether oxygens (including phenoxy) is 1. The van der Waals surface area contributed by atoms with Gasteiger partial charge in [-0.3, -0.25) is 0 Å². The standard InChI is InChI=1S/C25H28FN3O/c1-17-23(21-9-5-6-10-22(21)26)27-25-24(30-19-12-14-28(2)15-13-19)20-8-4-3-7-18(20)11-16-29(17)25/h3-10,19,24H,11-16H2,1-2H3. The fourth-order valence-electron chi connectivity index (χ4n) is 4.78. The predicted molar refractivity (Wildman–Crippen MR) is 116 cm³/mol. The number of rotatable bonds is 3. The van der Waals surface area contributed by atoms with E-state index in [2.05, 4.69) is 40.8 Å². The molecule has 2 aliphatic heterocycles. The molecule has 1 aromatic heterocycles.